The third-order valence-corrected chi connectivity index (χ3v) is 4.04. The molecule has 1 amide bonds. The Kier molecular flexibility index (Phi) is 3.82. The first-order chi connectivity index (χ1) is 7.66. The quantitative estimate of drug-likeness (QED) is 0.720. The van der Waals surface area contributed by atoms with Gasteiger partial charge in [0.2, 0.25) is 5.91 Å². The fourth-order valence-corrected chi connectivity index (χ4v) is 2.99. The third-order valence-electron chi connectivity index (χ3n) is 4.04. The number of hydrogen-bond acceptors (Lipinski definition) is 3. The van der Waals surface area contributed by atoms with Crippen molar-refractivity contribution in [1.82, 2.24) is 4.90 Å². The lowest BCUT2D eigenvalue weighted by Crippen LogP contribution is -2.47. The summed E-state index contributed by atoms with van der Waals surface area (Å²) < 4.78 is 0. The van der Waals surface area contributed by atoms with E-state index in [-0.39, 0.29) is 17.9 Å². The summed E-state index contributed by atoms with van der Waals surface area (Å²) in [5.74, 6) is -0.110. The fourth-order valence-electron chi connectivity index (χ4n) is 2.99. The van der Waals surface area contributed by atoms with Crippen molar-refractivity contribution in [3.63, 3.8) is 0 Å². The number of primary amides is 1. The van der Waals surface area contributed by atoms with Crippen molar-refractivity contribution in [2.45, 2.75) is 50.7 Å². The maximum Gasteiger partial charge on any atom is 0.221 e. The van der Waals surface area contributed by atoms with Crippen LogP contribution in [0.15, 0.2) is 0 Å². The average Bonchev–Trinajstić information content (AvgIpc) is 2.30. The van der Waals surface area contributed by atoms with Crippen molar-refractivity contribution in [1.29, 1.82) is 0 Å². The normalized spacial score (nSPS) is 37.2. The summed E-state index contributed by atoms with van der Waals surface area (Å²) in [4.78, 5) is 13.6. The number of aliphatic hydroxyl groups excluding tert-OH is 1. The average molecular weight is 226 g/mol. The Hall–Kier alpha value is -0.610. The molecule has 0 radical (unpaired) electrons. The Morgan fingerprint density at radius 2 is 1.88 bits per heavy atom. The van der Waals surface area contributed by atoms with E-state index in [0.29, 0.717) is 6.04 Å². The fraction of sp³-hybridized carbons (Fsp3) is 0.917. The van der Waals surface area contributed by atoms with E-state index in [0.717, 1.165) is 51.6 Å². The number of aliphatic hydroxyl groups is 1. The van der Waals surface area contributed by atoms with Crippen LogP contribution in [-0.2, 0) is 4.79 Å². The van der Waals surface area contributed by atoms with Gasteiger partial charge in [-0.15, -0.1) is 0 Å². The van der Waals surface area contributed by atoms with Crippen molar-refractivity contribution in [2.75, 3.05) is 13.1 Å². The predicted octanol–water partition coefficient (Wildman–Crippen LogP) is 0.487. The summed E-state index contributed by atoms with van der Waals surface area (Å²) in [6.45, 7) is 1.92. The molecule has 0 spiro atoms. The first-order valence-electron chi connectivity index (χ1n) is 6.38. The van der Waals surface area contributed by atoms with E-state index in [1.165, 1.54) is 0 Å². The number of carbonyl (C=O) groups excluding carboxylic acids is 1. The lowest BCUT2D eigenvalue weighted by atomic mass is 9.89. The molecule has 0 aromatic rings. The summed E-state index contributed by atoms with van der Waals surface area (Å²) in [7, 11) is 0. The maximum atomic E-state index is 11.2. The van der Waals surface area contributed by atoms with Crippen LogP contribution in [0.4, 0.5) is 0 Å². The van der Waals surface area contributed by atoms with Crippen LogP contribution in [0.3, 0.4) is 0 Å². The van der Waals surface area contributed by atoms with Crippen LogP contribution in [0, 0.1) is 5.92 Å². The predicted molar refractivity (Wildman–Crippen MR) is 61.8 cm³/mol. The van der Waals surface area contributed by atoms with Crippen LogP contribution < -0.4 is 5.73 Å². The molecular weight excluding hydrogens is 204 g/mol. The third kappa shape index (κ3) is 2.74. The number of nitrogens with two attached hydrogens (primary N) is 1. The van der Waals surface area contributed by atoms with Crippen molar-refractivity contribution in [3.05, 3.63) is 0 Å². The molecule has 16 heavy (non-hydrogen) atoms. The minimum absolute atomic E-state index is 0.0422. The monoisotopic (exact) mass is 226 g/mol. The Balaban J connectivity index is 1.87. The molecule has 4 nitrogen and oxygen atoms in total. The Bertz CT molecular complexity index is 249. The molecule has 2 aliphatic rings. The molecule has 0 aromatic carbocycles. The topological polar surface area (TPSA) is 66.6 Å². The van der Waals surface area contributed by atoms with Crippen molar-refractivity contribution in [3.8, 4) is 0 Å². The highest BCUT2D eigenvalue weighted by Crippen LogP contribution is 2.27. The summed E-state index contributed by atoms with van der Waals surface area (Å²) in [5.41, 5.74) is 5.38. The number of carbonyl (C=O) groups is 1. The first kappa shape index (κ1) is 11.9. The molecule has 2 fully saturated rings. The van der Waals surface area contributed by atoms with Gasteiger partial charge in [-0.3, -0.25) is 9.69 Å². The largest absolute Gasteiger partial charge is 0.393 e. The van der Waals surface area contributed by atoms with Crippen LogP contribution in [0.2, 0.25) is 0 Å². The lowest BCUT2D eigenvalue weighted by molar-refractivity contribution is -0.124. The van der Waals surface area contributed by atoms with Crippen LogP contribution >= 0.6 is 0 Å². The van der Waals surface area contributed by atoms with Gasteiger partial charge in [-0.25, -0.2) is 0 Å². The Labute approximate surface area is 96.8 Å². The number of hydrogen-bond donors (Lipinski definition) is 2. The summed E-state index contributed by atoms with van der Waals surface area (Å²) in [6.07, 6.45) is 5.85. The molecule has 3 N–H and O–H groups in total. The zero-order valence-electron chi connectivity index (χ0n) is 9.77. The highest BCUT2D eigenvalue weighted by atomic mass is 16.3. The molecule has 1 saturated carbocycles. The van der Waals surface area contributed by atoms with Gasteiger partial charge in [0.15, 0.2) is 0 Å². The lowest BCUT2D eigenvalue weighted by Gasteiger charge is -2.40. The van der Waals surface area contributed by atoms with E-state index >= 15 is 0 Å². The second-order valence-corrected chi connectivity index (χ2v) is 5.20. The van der Waals surface area contributed by atoms with Gasteiger partial charge in [0.25, 0.3) is 0 Å². The van der Waals surface area contributed by atoms with E-state index in [9.17, 15) is 9.90 Å². The van der Waals surface area contributed by atoms with E-state index in [2.05, 4.69) is 4.90 Å². The molecular formula is C12H22N2O2. The molecule has 1 aliphatic heterocycles. The van der Waals surface area contributed by atoms with E-state index in [1.54, 1.807) is 0 Å². The summed E-state index contributed by atoms with van der Waals surface area (Å²) >= 11 is 0. The zero-order valence-corrected chi connectivity index (χ0v) is 9.77. The highest BCUT2D eigenvalue weighted by Gasteiger charge is 2.30. The van der Waals surface area contributed by atoms with Gasteiger partial charge in [0, 0.05) is 12.6 Å². The smallest absolute Gasteiger partial charge is 0.221 e. The van der Waals surface area contributed by atoms with Gasteiger partial charge >= 0.3 is 0 Å². The van der Waals surface area contributed by atoms with Crippen molar-refractivity contribution in [2.24, 2.45) is 11.7 Å². The van der Waals surface area contributed by atoms with Crippen LogP contribution in [0.5, 0.6) is 0 Å². The standard InChI is InChI=1S/C12H22N2O2/c13-12(16)9-2-1-7-14(8-9)10-3-5-11(15)6-4-10/h9-11,15H,1-8H2,(H2,13,16). The minimum Gasteiger partial charge on any atom is -0.393 e. The van der Waals surface area contributed by atoms with Crippen LogP contribution in [0.1, 0.15) is 38.5 Å². The number of amides is 1. The SMILES string of the molecule is NC(=O)C1CCCN(C2CCC(O)CC2)C1. The number of rotatable bonds is 2. The summed E-state index contributed by atoms with van der Waals surface area (Å²) in [6, 6.07) is 0.561. The van der Waals surface area contributed by atoms with Gasteiger partial charge in [0.05, 0.1) is 12.0 Å². The molecule has 1 heterocycles. The zero-order chi connectivity index (χ0) is 11.5. The molecule has 92 valence electrons. The molecule has 1 unspecified atom stereocenters. The number of nitrogens with zero attached hydrogens (tertiary/aromatic N) is 1. The second kappa shape index (κ2) is 5.15. The first-order valence-corrected chi connectivity index (χ1v) is 6.38. The van der Waals surface area contributed by atoms with Crippen LogP contribution in [0.25, 0.3) is 0 Å². The van der Waals surface area contributed by atoms with Crippen LogP contribution in [-0.4, -0.2) is 41.1 Å². The molecule has 0 aromatic heterocycles. The van der Waals surface area contributed by atoms with Crippen molar-refractivity contribution >= 4 is 5.91 Å². The Morgan fingerprint density at radius 3 is 2.50 bits per heavy atom. The van der Waals surface area contributed by atoms with Gasteiger partial charge in [-0.1, -0.05) is 0 Å². The molecule has 1 atom stereocenters. The molecule has 4 heteroatoms. The molecule has 2 rings (SSSR count). The van der Waals surface area contributed by atoms with E-state index in [4.69, 9.17) is 5.73 Å². The molecule has 1 saturated heterocycles. The summed E-state index contributed by atoms with van der Waals surface area (Å²) in [5, 5.41) is 9.47. The van der Waals surface area contributed by atoms with E-state index in [1.807, 2.05) is 0 Å². The van der Waals surface area contributed by atoms with Crippen molar-refractivity contribution < 1.29 is 9.90 Å². The number of likely N-dealkylation sites (tertiary alicyclic amines) is 1. The number of piperidine rings is 1. The Morgan fingerprint density at radius 1 is 1.19 bits per heavy atom. The molecule has 1 aliphatic carbocycles. The maximum absolute atomic E-state index is 11.2. The van der Waals surface area contributed by atoms with Gasteiger partial charge in [0.1, 0.15) is 0 Å². The second-order valence-electron chi connectivity index (χ2n) is 5.20. The molecule has 0 bridgehead atoms. The van der Waals surface area contributed by atoms with Gasteiger partial charge < -0.3 is 10.8 Å². The van der Waals surface area contributed by atoms with E-state index < -0.39 is 0 Å². The highest BCUT2D eigenvalue weighted by molar-refractivity contribution is 5.76. The van der Waals surface area contributed by atoms with Gasteiger partial charge in [-0.2, -0.15) is 0 Å². The minimum atomic E-state index is -0.152. The van der Waals surface area contributed by atoms with Gasteiger partial charge in [-0.05, 0) is 45.1 Å².